The highest BCUT2D eigenvalue weighted by molar-refractivity contribution is 5.19. The SMILES string of the molecule is Cc1nc(C)c(C(C)NCC(C)C(C)C)c(=O)[nH]1. The van der Waals surface area contributed by atoms with Crippen molar-refractivity contribution in [1.82, 2.24) is 15.3 Å². The number of hydrogen-bond donors (Lipinski definition) is 2. The summed E-state index contributed by atoms with van der Waals surface area (Å²) in [7, 11) is 0. The van der Waals surface area contributed by atoms with Gasteiger partial charge in [-0.05, 0) is 39.2 Å². The van der Waals surface area contributed by atoms with Gasteiger partial charge in [-0.3, -0.25) is 4.79 Å². The van der Waals surface area contributed by atoms with Crippen LogP contribution < -0.4 is 10.9 Å². The summed E-state index contributed by atoms with van der Waals surface area (Å²) in [5.74, 6) is 1.90. The van der Waals surface area contributed by atoms with Crippen molar-refractivity contribution in [3.8, 4) is 0 Å². The van der Waals surface area contributed by atoms with Crippen molar-refractivity contribution in [2.45, 2.75) is 47.6 Å². The van der Waals surface area contributed by atoms with Gasteiger partial charge in [-0.1, -0.05) is 20.8 Å². The lowest BCUT2D eigenvalue weighted by atomic mass is 9.97. The normalized spacial score (nSPS) is 14.8. The van der Waals surface area contributed by atoms with E-state index in [2.05, 4.69) is 36.1 Å². The first-order chi connectivity index (χ1) is 8.32. The van der Waals surface area contributed by atoms with Crippen molar-refractivity contribution >= 4 is 0 Å². The molecule has 4 heteroatoms. The lowest BCUT2D eigenvalue weighted by molar-refractivity contribution is 0.374. The fraction of sp³-hybridized carbons (Fsp3) is 0.714. The van der Waals surface area contributed by atoms with Crippen molar-refractivity contribution in [3.63, 3.8) is 0 Å². The zero-order valence-corrected chi connectivity index (χ0v) is 12.3. The minimum atomic E-state index is -0.0304. The summed E-state index contributed by atoms with van der Waals surface area (Å²) >= 11 is 0. The molecule has 0 aromatic carbocycles. The third-order valence-corrected chi connectivity index (χ3v) is 3.58. The van der Waals surface area contributed by atoms with Crippen molar-refractivity contribution in [3.05, 3.63) is 27.4 Å². The highest BCUT2D eigenvalue weighted by Crippen LogP contribution is 2.13. The molecular weight excluding hydrogens is 226 g/mol. The van der Waals surface area contributed by atoms with E-state index >= 15 is 0 Å². The molecule has 0 fully saturated rings. The Morgan fingerprint density at radius 1 is 1.22 bits per heavy atom. The molecule has 0 saturated heterocycles. The van der Waals surface area contributed by atoms with Crippen LogP contribution in [0.25, 0.3) is 0 Å². The lowest BCUT2D eigenvalue weighted by Gasteiger charge is -2.20. The second-order valence-electron chi connectivity index (χ2n) is 5.50. The maximum absolute atomic E-state index is 11.9. The molecule has 1 aromatic heterocycles. The Kier molecular flexibility index (Phi) is 5.08. The van der Waals surface area contributed by atoms with Gasteiger partial charge in [0.15, 0.2) is 0 Å². The monoisotopic (exact) mass is 251 g/mol. The Morgan fingerprint density at radius 3 is 2.33 bits per heavy atom. The van der Waals surface area contributed by atoms with E-state index in [1.807, 2.05) is 13.8 Å². The summed E-state index contributed by atoms with van der Waals surface area (Å²) in [6.07, 6.45) is 0. The largest absolute Gasteiger partial charge is 0.310 e. The summed E-state index contributed by atoms with van der Waals surface area (Å²) in [6, 6.07) is 0.0306. The van der Waals surface area contributed by atoms with Crippen LogP contribution in [0.3, 0.4) is 0 Å². The van der Waals surface area contributed by atoms with Crippen molar-refractivity contribution in [2.24, 2.45) is 11.8 Å². The molecule has 1 heterocycles. The van der Waals surface area contributed by atoms with Crippen LogP contribution >= 0.6 is 0 Å². The van der Waals surface area contributed by atoms with Crippen LogP contribution in [-0.4, -0.2) is 16.5 Å². The van der Waals surface area contributed by atoms with Crippen LogP contribution in [0.2, 0.25) is 0 Å². The molecule has 2 N–H and O–H groups in total. The van der Waals surface area contributed by atoms with E-state index in [0.717, 1.165) is 17.8 Å². The van der Waals surface area contributed by atoms with Crippen molar-refractivity contribution in [2.75, 3.05) is 6.54 Å². The van der Waals surface area contributed by atoms with Gasteiger partial charge < -0.3 is 10.3 Å². The van der Waals surface area contributed by atoms with E-state index < -0.39 is 0 Å². The van der Waals surface area contributed by atoms with E-state index in [4.69, 9.17) is 0 Å². The second-order valence-corrected chi connectivity index (χ2v) is 5.50. The molecule has 4 nitrogen and oxygen atoms in total. The lowest BCUT2D eigenvalue weighted by Crippen LogP contribution is -2.31. The molecule has 0 spiro atoms. The van der Waals surface area contributed by atoms with E-state index in [-0.39, 0.29) is 11.6 Å². The van der Waals surface area contributed by atoms with Crippen molar-refractivity contribution < 1.29 is 0 Å². The molecule has 0 aliphatic carbocycles. The third-order valence-electron chi connectivity index (χ3n) is 3.58. The van der Waals surface area contributed by atoms with Gasteiger partial charge in [0.05, 0.1) is 5.56 Å². The Hall–Kier alpha value is -1.16. The van der Waals surface area contributed by atoms with E-state index in [0.29, 0.717) is 17.7 Å². The fourth-order valence-electron chi connectivity index (χ4n) is 1.95. The van der Waals surface area contributed by atoms with Gasteiger partial charge in [0.1, 0.15) is 5.82 Å². The fourth-order valence-corrected chi connectivity index (χ4v) is 1.95. The number of aromatic amines is 1. The molecule has 0 aliphatic rings. The molecule has 0 radical (unpaired) electrons. The van der Waals surface area contributed by atoms with Crippen molar-refractivity contribution in [1.29, 1.82) is 0 Å². The van der Waals surface area contributed by atoms with E-state index in [9.17, 15) is 4.79 Å². The summed E-state index contributed by atoms with van der Waals surface area (Å²) in [5.41, 5.74) is 1.53. The minimum absolute atomic E-state index is 0.0304. The molecule has 0 bridgehead atoms. The number of aromatic nitrogens is 2. The summed E-state index contributed by atoms with van der Waals surface area (Å²) in [4.78, 5) is 19.0. The molecule has 102 valence electrons. The predicted octanol–water partition coefficient (Wildman–Crippen LogP) is 2.33. The molecular formula is C14H25N3O. The van der Waals surface area contributed by atoms with Gasteiger partial charge in [0.25, 0.3) is 5.56 Å². The first kappa shape index (κ1) is 14.9. The Balaban J connectivity index is 2.79. The molecule has 0 saturated carbocycles. The minimum Gasteiger partial charge on any atom is -0.310 e. The number of aryl methyl sites for hydroxylation is 2. The summed E-state index contributed by atoms with van der Waals surface area (Å²) in [6.45, 7) is 13.3. The van der Waals surface area contributed by atoms with Crippen LogP contribution in [0.1, 0.15) is 50.8 Å². The molecule has 18 heavy (non-hydrogen) atoms. The highest BCUT2D eigenvalue weighted by atomic mass is 16.1. The number of rotatable bonds is 5. The Bertz CT molecular complexity index is 451. The first-order valence-electron chi connectivity index (χ1n) is 6.63. The second kappa shape index (κ2) is 6.14. The maximum Gasteiger partial charge on any atom is 0.255 e. The average molecular weight is 251 g/mol. The first-order valence-corrected chi connectivity index (χ1v) is 6.63. The van der Waals surface area contributed by atoms with Crippen LogP contribution in [0.15, 0.2) is 4.79 Å². The summed E-state index contributed by atoms with van der Waals surface area (Å²) < 4.78 is 0. The average Bonchev–Trinajstić information content (AvgIpc) is 2.24. The van der Waals surface area contributed by atoms with Gasteiger partial charge in [0.2, 0.25) is 0 Å². The third kappa shape index (κ3) is 3.67. The van der Waals surface area contributed by atoms with Crippen LogP contribution in [-0.2, 0) is 0 Å². The Labute approximate surface area is 109 Å². The quantitative estimate of drug-likeness (QED) is 0.844. The molecule has 2 atom stereocenters. The number of H-pyrrole nitrogens is 1. The highest BCUT2D eigenvalue weighted by Gasteiger charge is 2.15. The number of hydrogen-bond acceptors (Lipinski definition) is 3. The standard InChI is InChI=1S/C14H25N3O/c1-8(2)9(3)7-15-10(4)13-11(5)16-12(6)17-14(13)18/h8-10,15H,7H2,1-6H3,(H,16,17,18). The number of nitrogens with one attached hydrogen (secondary N) is 2. The van der Waals surface area contributed by atoms with Gasteiger partial charge in [-0.2, -0.15) is 0 Å². The van der Waals surface area contributed by atoms with Crippen LogP contribution in [0.5, 0.6) is 0 Å². The van der Waals surface area contributed by atoms with Crippen LogP contribution in [0, 0.1) is 25.7 Å². The van der Waals surface area contributed by atoms with E-state index in [1.54, 1.807) is 6.92 Å². The zero-order valence-electron chi connectivity index (χ0n) is 12.3. The van der Waals surface area contributed by atoms with Gasteiger partial charge in [-0.25, -0.2) is 4.98 Å². The molecule has 1 rings (SSSR count). The zero-order chi connectivity index (χ0) is 13.9. The molecule has 2 unspecified atom stereocenters. The van der Waals surface area contributed by atoms with E-state index in [1.165, 1.54) is 0 Å². The molecule has 0 amide bonds. The van der Waals surface area contributed by atoms with Gasteiger partial charge in [0, 0.05) is 11.7 Å². The smallest absolute Gasteiger partial charge is 0.255 e. The molecule has 1 aromatic rings. The predicted molar refractivity (Wildman–Crippen MR) is 74.8 cm³/mol. The number of nitrogens with zero attached hydrogens (tertiary/aromatic N) is 1. The van der Waals surface area contributed by atoms with Gasteiger partial charge >= 0.3 is 0 Å². The summed E-state index contributed by atoms with van der Waals surface area (Å²) in [5, 5.41) is 3.42. The van der Waals surface area contributed by atoms with Gasteiger partial charge in [-0.15, -0.1) is 0 Å². The Morgan fingerprint density at radius 2 is 1.83 bits per heavy atom. The van der Waals surface area contributed by atoms with Crippen LogP contribution in [0.4, 0.5) is 0 Å². The topological polar surface area (TPSA) is 57.8 Å². The molecule has 0 aliphatic heterocycles. The maximum atomic E-state index is 11.9.